The van der Waals surface area contributed by atoms with Gasteiger partial charge in [-0.05, 0) is 29.7 Å². The molecule has 0 radical (unpaired) electrons. The SMILES string of the molecule is COc1cc2c(c(OC)c1OC)C(c1ccccc1C)CC(=O)C2. The molecule has 0 amide bonds. The Morgan fingerprint density at radius 1 is 1.00 bits per heavy atom. The van der Waals surface area contributed by atoms with E-state index < -0.39 is 0 Å². The highest BCUT2D eigenvalue weighted by molar-refractivity contribution is 5.86. The molecule has 3 rings (SSSR count). The number of hydrogen-bond acceptors (Lipinski definition) is 4. The number of carbonyl (C=O) groups excluding carboxylic acids is 1. The Kier molecular flexibility index (Phi) is 4.47. The fraction of sp³-hybridized carbons (Fsp3) is 0.350. The first-order valence-electron chi connectivity index (χ1n) is 7.99. The molecule has 1 atom stereocenters. The van der Waals surface area contributed by atoms with Gasteiger partial charge in [0.05, 0.1) is 21.3 Å². The van der Waals surface area contributed by atoms with Crippen LogP contribution < -0.4 is 14.2 Å². The van der Waals surface area contributed by atoms with Gasteiger partial charge in [-0.2, -0.15) is 0 Å². The zero-order chi connectivity index (χ0) is 17.3. The van der Waals surface area contributed by atoms with Crippen LogP contribution in [-0.4, -0.2) is 27.1 Å². The zero-order valence-electron chi connectivity index (χ0n) is 14.5. The van der Waals surface area contributed by atoms with Crippen molar-refractivity contribution in [2.75, 3.05) is 21.3 Å². The van der Waals surface area contributed by atoms with E-state index in [0.29, 0.717) is 30.1 Å². The molecule has 1 unspecified atom stereocenters. The van der Waals surface area contributed by atoms with Gasteiger partial charge in [-0.1, -0.05) is 24.3 Å². The number of rotatable bonds is 4. The molecule has 0 bridgehead atoms. The highest BCUT2D eigenvalue weighted by Gasteiger charge is 2.33. The predicted molar refractivity (Wildman–Crippen MR) is 92.4 cm³/mol. The normalized spacial score (nSPS) is 16.5. The summed E-state index contributed by atoms with van der Waals surface area (Å²) < 4.78 is 16.6. The topological polar surface area (TPSA) is 44.8 Å². The van der Waals surface area contributed by atoms with Gasteiger partial charge < -0.3 is 14.2 Å². The smallest absolute Gasteiger partial charge is 0.203 e. The van der Waals surface area contributed by atoms with Crippen LogP contribution in [0.4, 0.5) is 0 Å². The minimum absolute atomic E-state index is 0.0304. The highest BCUT2D eigenvalue weighted by atomic mass is 16.5. The molecular weight excluding hydrogens is 304 g/mol. The summed E-state index contributed by atoms with van der Waals surface area (Å²) in [7, 11) is 4.82. The molecule has 0 aliphatic heterocycles. The molecule has 0 fully saturated rings. The van der Waals surface area contributed by atoms with Crippen molar-refractivity contribution in [2.24, 2.45) is 0 Å². The molecule has 0 aromatic heterocycles. The van der Waals surface area contributed by atoms with Gasteiger partial charge >= 0.3 is 0 Å². The Balaban J connectivity index is 2.28. The van der Waals surface area contributed by atoms with Crippen molar-refractivity contribution in [3.05, 3.63) is 52.6 Å². The molecule has 1 aliphatic rings. The zero-order valence-corrected chi connectivity index (χ0v) is 14.5. The Morgan fingerprint density at radius 3 is 2.33 bits per heavy atom. The first kappa shape index (κ1) is 16.4. The molecule has 1 aliphatic carbocycles. The third-order valence-corrected chi connectivity index (χ3v) is 4.69. The highest BCUT2D eigenvalue weighted by Crippen LogP contribution is 2.49. The van der Waals surface area contributed by atoms with E-state index in [-0.39, 0.29) is 11.7 Å². The molecule has 4 nitrogen and oxygen atoms in total. The van der Waals surface area contributed by atoms with Gasteiger partial charge in [-0.3, -0.25) is 4.79 Å². The van der Waals surface area contributed by atoms with Crippen molar-refractivity contribution in [2.45, 2.75) is 25.7 Å². The summed E-state index contributed by atoms with van der Waals surface area (Å²) in [4.78, 5) is 12.4. The Bertz CT molecular complexity index is 779. The Hall–Kier alpha value is -2.49. The van der Waals surface area contributed by atoms with Gasteiger partial charge in [0.1, 0.15) is 5.78 Å². The van der Waals surface area contributed by atoms with Crippen LogP contribution >= 0.6 is 0 Å². The maximum absolute atomic E-state index is 12.4. The van der Waals surface area contributed by atoms with Crippen LogP contribution in [0.25, 0.3) is 0 Å². The first-order valence-corrected chi connectivity index (χ1v) is 7.99. The number of benzene rings is 2. The van der Waals surface area contributed by atoms with Gasteiger partial charge in [0.2, 0.25) is 5.75 Å². The summed E-state index contributed by atoms with van der Waals surface area (Å²) >= 11 is 0. The lowest BCUT2D eigenvalue weighted by Gasteiger charge is -2.29. The number of carbonyl (C=O) groups is 1. The minimum Gasteiger partial charge on any atom is -0.493 e. The Morgan fingerprint density at radius 2 is 1.71 bits per heavy atom. The summed E-state index contributed by atoms with van der Waals surface area (Å²) in [6.45, 7) is 2.07. The number of ether oxygens (including phenoxy) is 3. The molecule has 0 saturated carbocycles. The molecule has 2 aromatic carbocycles. The van der Waals surface area contributed by atoms with Crippen molar-refractivity contribution in [3.8, 4) is 17.2 Å². The van der Waals surface area contributed by atoms with Crippen LogP contribution in [0.15, 0.2) is 30.3 Å². The predicted octanol–water partition coefficient (Wildman–Crippen LogP) is 3.67. The average molecular weight is 326 g/mol. The second-order valence-electron chi connectivity index (χ2n) is 6.05. The monoisotopic (exact) mass is 326 g/mol. The van der Waals surface area contributed by atoms with Gasteiger partial charge in [0.25, 0.3) is 0 Å². The van der Waals surface area contributed by atoms with Crippen LogP contribution in [0.3, 0.4) is 0 Å². The molecule has 0 N–H and O–H groups in total. The van der Waals surface area contributed by atoms with E-state index >= 15 is 0 Å². The number of hydrogen-bond donors (Lipinski definition) is 0. The van der Waals surface area contributed by atoms with Crippen molar-refractivity contribution < 1.29 is 19.0 Å². The van der Waals surface area contributed by atoms with Gasteiger partial charge in [0, 0.05) is 24.3 Å². The molecule has 4 heteroatoms. The number of ketones is 1. The molecule has 126 valence electrons. The van der Waals surface area contributed by atoms with E-state index in [4.69, 9.17) is 14.2 Å². The lowest BCUT2D eigenvalue weighted by molar-refractivity contribution is -0.119. The average Bonchev–Trinajstić information content (AvgIpc) is 2.59. The van der Waals surface area contributed by atoms with Crippen molar-refractivity contribution in [3.63, 3.8) is 0 Å². The van der Waals surface area contributed by atoms with Crippen molar-refractivity contribution in [1.82, 2.24) is 0 Å². The number of Topliss-reactive ketones (excluding diaryl/α,β-unsaturated/α-hetero) is 1. The minimum atomic E-state index is -0.0304. The maximum atomic E-state index is 12.4. The van der Waals surface area contributed by atoms with Crippen LogP contribution in [0.5, 0.6) is 17.2 Å². The lowest BCUT2D eigenvalue weighted by atomic mass is 9.76. The van der Waals surface area contributed by atoms with Crippen molar-refractivity contribution in [1.29, 1.82) is 0 Å². The molecule has 2 aromatic rings. The van der Waals surface area contributed by atoms with E-state index in [1.807, 2.05) is 18.2 Å². The summed E-state index contributed by atoms with van der Waals surface area (Å²) in [6, 6.07) is 10.1. The van der Waals surface area contributed by atoms with Crippen LogP contribution in [0.1, 0.15) is 34.6 Å². The summed E-state index contributed by atoms with van der Waals surface area (Å²) in [5, 5.41) is 0. The number of fused-ring (bicyclic) bond motifs is 1. The third-order valence-electron chi connectivity index (χ3n) is 4.69. The maximum Gasteiger partial charge on any atom is 0.203 e. The number of methoxy groups -OCH3 is 3. The molecule has 24 heavy (non-hydrogen) atoms. The van der Waals surface area contributed by atoms with Crippen LogP contribution in [-0.2, 0) is 11.2 Å². The van der Waals surface area contributed by atoms with Crippen molar-refractivity contribution >= 4 is 5.78 Å². The van der Waals surface area contributed by atoms with Gasteiger partial charge in [-0.15, -0.1) is 0 Å². The van der Waals surface area contributed by atoms with Crippen LogP contribution in [0.2, 0.25) is 0 Å². The summed E-state index contributed by atoms with van der Waals surface area (Å²) in [6.07, 6.45) is 0.873. The molecule has 0 spiro atoms. The van der Waals surface area contributed by atoms with Gasteiger partial charge in [-0.25, -0.2) is 0 Å². The standard InChI is InChI=1S/C20H22O4/c1-12-7-5-6-8-15(12)16-11-14(21)9-13-10-17(22-2)19(23-3)20(24-4)18(13)16/h5-8,10,16H,9,11H2,1-4H3. The van der Waals surface area contributed by atoms with E-state index in [1.165, 1.54) is 5.56 Å². The number of aryl methyl sites for hydroxylation is 1. The van der Waals surface area contributed by atoms with E-state index in [9.17, 15) is 4.79 Å². The van der Waals surface area contributed by atoms with Crippen LogP contribution in [0, 0.1) is 6.92 Å². The second-order valence-corrected chi connectivity index (χ2v) is 6.05. The first-order chi connectivity index (χ1) is 11.6. The fourth-order valence-corrected chi connectivity index (χ4v) is 3.61. The van der Waals surface area contributed by atoms with E-state index in [1.54, 1.807) is 21.3 Å². The largest absolute Gasteiger partial charge is 0.493 e. The molecular formula is C20H22O4. The quantitative estimate of drug-likeness (QED) is 0.860. The summed E-state index contributed by atoms with van der Waals surface area (Å²) in [5.74, 6) is 2.02. The third kappa shape index (κ3) is 2.62. The summed E-state index contributed by atoms with van der Waals surface area (Å²) in [5.41, 5.74) is 4.30. The fourth-order valence-electron chi connectivity index (χ4n) is 3.61. The Labute approximate surface area is 142 Å². The van der Waals surface area contributed by atoms with E-state index in [0.717, 1.165) is 16.7 Å². The lowest BCUT2D eigenvalue weighted by Crippen LogP contribution is -2.21. The molecule has 0 heterocycles. The second kappa shape index (κ2) is 6.56. The van der Waals surface area contributed by atoms with E-state index in [2.05, 4.69) is 19.1 Å². The molecule has 0 saturated heterocycles. The van der Waals surface area contributed by atoms with Gasteiger partial charge in [0.15, 0.2) is 11.5 Å².